The first-order valence-electron chi connectivity index (χ1n) is 18.8. The highest BCUT2D eigenvalue weighted by Crippen LogP contribution is 2.17. The molecule has 0 amide bonds. The van der Waals surface area contributed by atoms with E-state index in [9.17, 15) is 24.3 Å². The molecule has 0 bridgehead atoms. The number of carbonyl (C=O) groups is 4. The molecule has 0 aromatic heterocycles. The summed E-state index contributed by atoms with van der Waals surface area (Å²) in [4.78, 5) is 51.7. The second kappa shape index (κ2) is 24.7. The van der Waals surface area contributed by atoms with Crippen LogP contribution in [0.15, 0.2) is 97.1 Å². The van der Waals surface area contributed by atoms with E-state index in [0.717, 1.165) is 0 Å². The maximum absolute atomic E-state index is 13.2. The van der Waals surface area contributed by atoms with Crippen molar-refractivity contribution in [3.8, 4) is 23.0 Å². The van der Waals surface area contributed by atoms with Gasteiger partial charge in [-0.05, 0) is 104 Å². The first-order chi connectivity index (χ1) is 29.0. The molecule has 4 atom stereocenters. The minimum absolute atomic E-state index is 0.0382. The summed E-state index contributed by atoms with van der Waals surface area (Å²) in [6.45, 7) is -0.00937. The standard InChI is InChI=1S/C44H50O16/c1-29(57-41(46)30-6-14-34(50-2)15-7-30)23-54-25-39(59-43(48)32-10-18-36(52-4)19-11-32)27-56-28-40(60-44(49)33-12-20-37(53-5)21-13-33)26-55-24-38(22-45)58-42(47)31-8-16-35(51-3)17-9-31/h6-21,29,38-40,45H,22-28H2,1-5H3. The zero-order valence-electron chi connectivity index (χ0n) is 34.1. The van der Waals surface area contributed by atoms with Crippen LogP contribution in [0.3, 0.4) is 0 Å². The second-order valence-electron chi connectivity index (χ2n) is 13.0. The molecule has 0 saturated carbocycles. The minimum Gasteiger partial charge on any atom is -0.497 e. The number of hydrogen-bond donors (Lipinski definition) is 1. The van der Waals surface area contributed by atoms with Crippen LogP contribution < -0.4 is 18.9 Å². The molecule has 60 heavy (non-hydrogen) atoms. The Labute approximate surface area is 348 Å². The first kappa shape index (κ1) is 46.5. The number of ether oxygens (including phenoxy) is 11. The number of hydrogen-bond acceptors (Lipinski definition) is 16. The normalized spacial score (nSPS) is 12.8. The topological polar surface area (TPSA) is 190 Å². The third-order valence-electron chi connectivity index (χ3n) is 8.51. The number of aliphatic hydroxyl groups is 1. The number of benzene rings is 4. The lowest BCUT2D eigenvalue weighted by molar-refractivity contribution is -0.0836. The molecular formula is C44H50O16. The van der Waals surface area contributed by atoms with Gasteiger partial charge in [0.25, 0.3) is 0 Å². The smallest absolute Gasteiger partial charge is 0.338 e. The van der Waals surface area contributed by atoms with Crippen LogP contribution in [-0.4, -0.2) is 128 Å². The van der Waals surface area contributed by atoms with E-state index in [1.165, 1.54) is 52.7 Å². The summed E-state index contributed by atoms with van der Waals surface area (Å²) in [5.41, 5.74) is 1.04. The summed E-state index contributed by atoms with van der Waals surface area (Å²) in [5, 5.41) is 9.92. The average Bonchev–Trinajstić information content (AvgIpc) is 3.28. The molecule has 0 radical (unpaired) electrons. The lowest BCUT2D eigenvalue weighted by atomic mass is 10.2. The highest BCUT2D eigenvalue weighted by atomic mass is 16.6. The predicted octanol–water partition coefficient (Wildman–Crippen LogP) is 4.99. The number of esters is 4. The lowest BCUT2D eigenvalue weighted by Gasteiger charge is -2.23. The Bertz CT molecular complexity index is 1910. The van der Waals surface area contributed by atoms with Gasteiger partial charge >= 0.3 is 23.9 Å². The molecule has 4 rings (SSSR count). The van der Waals surface area contributed by atoms with Crippen LogP contribution in [0.1, 0.15) is 48.4 Å². The van der Waals surface area contributed by atoms with Crippen molar-refractivity contribution in [3.63, 3.8) is 0 Å². The van der Waals surface area contributed by atoms with Crippen molar-refractivity contribution in [2.24, 2.45) is 0 Å². The van der Waals surface area contributed by atoms with Crippen molar-refractivity contribution in [1.29, 1.82) is 0 Å². The number of methoxy groups -OCH3 is 4. The van der Waals surface area contributed by atoms with Gasteiger partial charge in [-0.3, -0.25) is 0 Å². The van der Waals surface area contributed by atoms with E-state index in [4.69, 9.17) is 52.1 Å². The van der Waals surface area contributed by atoms with Crippen molar-refractivity contribution in [2.75, 3.05) is 74.7 Å². The van der Waals surface area contributed by atoms with Crippen LogP contribution >= 0.6 is 0 Å². The van der Waals surface area contributed by atoms with Crippen LogP contribution in [0.2, 0.25) is 0 Å². The van der Waals surface area contributed by atoms with Gasteiger partial charge in [-0.2, -0.15) is 0 Å². The summed E-state index contributed by atoms with van der Waals surface area (Å²) in [5.74, 6) is -0.372. The van der Waals surface area contributed by atoms with Gasteiger partial charge in [-0.15, -0.1) is 0 Å². The van der Waals surface area contributed by atoms with Gasteiger partial charge in [-0.25, -0.2) is 19.2 Å². The Morgan fingerprint density at radius 3 is 0.933 bits per heavy atom. The molecule has 0 spiro atoms. The van der Waals surface area contributed by atoms with Crippen LogP contribution in [0.4, 0.5) is 0 Å². The van der Waals surface area contributed by atoms with E-state index >= 15 is 0 Å². The molecule has 0 saturated heterocycles. The van der Waals surface area contributed by atoms with E-state index < -0.39 is 54.9 Å². The SMILES string of the molecule is COc1ccc(C(=O)OC(C)COCC(COCC(COCC(CO)OC(=O)c2ccc(OC)cc2)OC(=O)c2ccc(OC)cc2)OC(=O)c2ccc(OC)cc2)cc1. The first-order valence-corrected chi connectivity index (χ1v) is 18.8. The molecule has 322 valence electrons. The van der Waals surface area contributed by atoms with E-state index in [0.29, 0.717) is 28.6 Å². The molecule has 1 N–H and O–H groups in total. The average molecular weight is 835 g/mol. The van der Waals surface area contributed by atoms with Crippen LogP contribution in [0.5, 0.6) is 23.0 Å². The van der Waals surface area contributed by atoms with Crippen molar-refractivity contribution >= 4 is 23.9 Å². The molecule has 0 heterocycles. The van der Waals surface area contributed by atoms with E-state index in [1.54, 1.807) is 79.7 Å². The number of rotatable bonds is 25. The molecule has 16 heteroatoms. The quantitative estimate of drug-likeness (QED) is 0.0694. The number of carbonyl (C=O) groups excluding carboxylic acids is 4. The third kappa shape index (κ3) is 15.2. The molecule has 0 aliphatic heterocycles. The van der Waals surface area contributed by atoms with Crippen molar-refractivity contribution in [2.45, 2.75) is 31.3 Å². The fourth-order valence-corrected chi connectivity index (χ4v) is 5.24. The summed E-state index contributed by atoms with van der Waals surface area (Å²) in [6, 6.07) is 25.3. The Morgan fingerprint density at radius 1 is 0.400 bits per heavy atom. The Balaban J connectivity index is 1.39. The van der Waals surface area contributed by atoms with Gasteiger partial charge < -0.3 is 57.2 Å². The highest BCUT2D eigenvalue weighted by Gasteiger charge is 2.23. The number of aliphatic hydroxyl groups excluding tert-OH is 1. The maximum atomic E-state index is 13.2. The molecule has 0 fully saturated rings. The van der Waals surface area contributed by atoms with E-state index in [-0.39, 0.29) is 56.3 Å². The largest absolute Gasteiger partial charge is 0.497 e. The molecule has 16 nitrogen and oxygen atoms in total. The fourth-order valence-electron chi connectivity index (χ4n) is 5.24. The van der Waals surface area contributed by atoms with E-state index in [1.807, 2.05) is 0 Å². The monoisotopic (exact) mass is 834 g/mol. The van der Waals surface area contributed by atoms with Gasteiger partial charge in [0, 0.05) is 0 Å². The van der Waals surface area contributed by atoms with E-state index in [2.05, 4.69) is 0 Å². The summed E-state index contributed by atoms with van der Waals surface area (Å²) >= 11 is 0. The molecule has 4 aromatic carbocycles. The van der Waals surface area contributed by atoms with Crippen LogP contribution in [-0.2, 0) is 33.2 Å². The molecule has 0 aliphatic carbocycles. The lowest BCUT2D eigenvalue weighted by Crippen LogP contribution is -2.35. The summed E-state index contributed by atoms with van der Waals surface area (Å²) in [6.07, 6.45) is -3.71. The van der Waals surface area contributed by atoms with Gasteiger partial charge in [0.05, 0.1) is 96.9 Å². The predicted molar refractivity (Wildman–Crippen MR) is 214 cm³/mol. The molecule has 4 aromatic rings. The second-order valence-corrected chi connectivity index (χ2v) is 13.0. The van der Waals surface area contributed by atoms with Gasteiger partial charge in [0.15, 0.2) is 0 Å². The fraction of sp³-hybridized carbons (Fsp3) is 0.364. The third-order valence-corrected chi connectivity index (χ3v) is 8.51. The van der Waals surface area contributed by atoms with Gasteiger partial charge in [0.2, 0.25) is 0 Å². The minimum atomic E-state index is -1.05. The summed E-state index contributed by atoms with van der Waals surface area (Å²) < 4.78 is 60.5. The Kier molecular flexibility index (Phi) is 19.1. The molecule has 4 unspecified atom stereocenters. The van der Waals surface area contributed by atoms with Crippen LogP contribution in [0.25, 0.3) is 0 Å². The zero-order chi connectivity index (χ0) is 43.3. The van der Waals surface area contributed by atoms with Crippen LogP contribution in [0, 0.1) is 0 Å². The molecule has 0 aliphatic rings. The van der Waals surface area contributed by atoms with Crippen molar-refractivity contribution < 1.29 is 76.4 Å². The maximum Gasteiger partial charge on any atom is 0.338 e. The highest BCUT2D eigenvalue weighted by molar-refractivity contribution is 5.91. The Hall–Kier alpha value is -6.20. The summed E-state index contributed by atoms with van der Waals surface area (Å²) in [7, 11) is 6.02. The molecular weight excluding hydrogens is 784 g/mol. The van der Waals surface area contributed by atoms with Crippen molar-refractivity contribution in [3.05, 3.63) is 119 Å². The van der Waals surface area contributed by atoms with Crippen molar-refractivity contribution in [1.82, 2.24) is 0 Å². The van der Waals surface area contributed by atoms with Gasteiger partial charge in [-0.1, -0.05) is 0 Å². The Morgan fingerprint density at radius 2 is 0.650 bits per heavy atom. The van der Waals surface area contributed by atoms with Gasteiger partial charge in [0.1, 0.15) is 47.4 Å². The zero-order valence-corrected chi connectivity index (χ0v) is 34.1.